The first-order valence-electron chi connectivity index (χ1n) is 3.78. The van der Waals surface area contributed by atoms with Gasteiger partial charge in [-0.1, -0.05) is 0 Å². The Morgan fingerprint density at radius 1 is 1.33 bits per heavy atom. The summed E-state index contributed by atoms with van der Waals surface area (Å²) in [5.41, 5.74) is 3.21. The number of hydrogen-bond donors (Lipinski definition) is 1. The van der Waals surface area contributed by atoms with E-state index in [-0.39, 0.29) is 0 Å². The van der Waals surface area contributed by atoms with Crippen LogP contribution in [0.2, 0.25) is 0 Å². The van der Waals surface area contributed by atoms with Crippen LogP contribution in [0.5, 0.6) is 0 Å². The van der Waals surface area contributed by atoms with Gasteiger partial charge in [-0.05, 0) is 6.07 Å². The molecule has 3 aliphatic rings. The molecular weight excluding hydrogens is 152 g/mol. The molecule has 0 aromatic rings. The van der Waals surface area contributed by atoms with E-state index in [0.29, 0.717) is 0 Å². The Labute approximate surface area is 69.0 Å². The van der Waals surface area contributed by atoms with Crippen LogP contribution < -0.4 is 5.32 Å². The maximum Gasteiger partial charge on any atom is 0.158 e. The average molecular weight is 158 g/mol. The SMILES string of the molecule is c1cc2nnc3c-2c(cn1)CN3. The van der Waals surface area contributed by atoms with E-state index in [4.69, 9.17) is 0 Å². The van der Waals surface area contributed by atoms with E-state index in [9.17, 15) is 0 Å². The Kier molecular flexibility index (Phi) is 0.935. The lowest BCUT2D eigenvalue weighted by Gasteiger charge is -1.88. The first kappa shape index (κ1) is 5.88. The van der Waals surface area contributed by atoms with Crippen LogP contribution >= 0.6 is 0 Å². The quantitative estimate of drug-likeness (QED) is 0.619. The lowest BCUT2D eigenvalue weighted by molar-refractivity contribution is 1.07. The second kappa shape index (κ2) is 1.91. The summed E-state index contributed by atoms with van der Waals surface area (Å²) in [5, 5.41) is 11.2. The standard InChI is InChI=1S/C8H6N4/c1-2-9-3-5-4-10-8-7(5)6(1)11-12-8/h1-3H,4H2,(H,10,12). The zero-order valence-corrected chi connectivity index (χ0v) is 6.28. The summed E-state index contributed by atoms with van der Waals surface area (Å²) >= 11 is 0. The van der Waals surface area contributed by atoms with Gasteiger partial charge < -0.3 is 5.32 Å². The molecule has 3 rings (SSSR count). The molecule has 0 aromatic carbocycles. The Morgan fingerprint density at radius 2 is 2.33 bits per heavy atom. The minimum Gasteiger partial charge on any atom is -0.364 e. The summed E-state index contributed by atoms with van der Waals surface area (Å²) in [5.74, 6) is 0.887. The topological polar surface area (TPSA) is 50.7 Å². The van der Waals surface area contributed by atoms with Gasteiger partial charge in [0.15, 0.2) is 5.82 Å². The Bertz CT molecular complexity index is 412. The zero-order valence-electron chi connectivity index (χ0n) is 6.28. The number of nitrogens with one attached hydrogen (secondary N) is 1. The molecule has 0 atom stereocenters. The van der Waals surface area contributed by atoms with Crippen molar-refractivity contribution in [1.82, 2.24) is 15.2 Å². The Balaban J connectivity index is 2.45. The molecule has 0 aliphatic carbocycles. The van der Waals surface area contributed by atoms with Gasteiger partial charge in [-0.25, -0.2) is 0 Å². The molecule has 3 heterocycles. The highest BCUT2D eigenvalue weighted by Gasteiger charge is 2.21. The fourth-order valence-electron chi connectivity index (χ4n) is 1.51. The molecule has 0 radical (unpaired) electrons. The molecule has 0 aromatic heterocycles. The Hall–Kier alpha value is -1.71. The molecule has 58 valence electrons. The van der Waals surface area contributed by atoms with Crippen LogP contribution in [0.4, 0.5) is 5.82 Å². The van der Waals surface area contributed by atoms with Crippen molar-refractivity contribution in [3.63, 3.8) is 0 Å². The van der Waals surface area contributed by atoms with Gasteiger partial charge in [0.05, 0.1) is 11.3 Å². The van der Waals surface area contributed by atoms with Crippen LogP contribution in [0.3, 0.4) is 0 Å². The summed E-state index contributed by atoms with van der Waals surface area (Å²) < 4.78 is 0. The molecule has 4 heteroatoms. The minimum absolute atomic E-state index is 0.818. The zero-order chi connectivity index (χ0) is 7.97. The van der Waals surface area contributed by atoms with Gasteiger partial charge in [0.25, 0.3) is 0 Å². The van der Waals surface area contributed by atoms with E-state index in [1.807, 2.05) is 12.3 Å². The normalized spacial score (nSPS) is 13.3. The van der Waals surface area contributed by atoms with Crippen LogP contribution in [-0.2, 0) is 6.54 Å². The fraction of sp³-hybridized carbons (Fsp3) is 0.125. The van der Waals surface area contributed by atoms with E-state index in [0.717, 1.165) is 23.6 Å². The van der Waals surface area contributed by atoms with E-state index < -0.39 is 0 Å². The molecular formula is C8H6N4. The van der Waals surface area contributed by atoms with Crippen molar-refractivity contribution < 1.29 is 0 Å². The summed E-state index contributed by atoms with van der Waals surface area (Å²) in [4.78, 5) is 4.09. The van der Waals surface area contributed by atoms with Crippen LogP contribution in [0, 0.1) is 0 Å². The van der Waals surface area contributed by atoms with Crippen molar-refractivity contribution in [3.05, 3.63) is 24.0 Å². The van der Waals surface area contributed by atoms with Gasteiger partial charge >= 0.3 is 0 Å². The highest BCUT2D eigenvalue weighted by atomic mass is 15.2. The summed E-state index contributed by atoms with van der Waals surface area (Å²) in [6.07, 6.45) is 3.60. The van der Waals surface area contributed by atoms with Crippen molar-refractivity contribution in [2.75, 3.05) is 5.32 Å². The molecule has 0 saturated heterocycles. The summed E-state index contributed by atoms with van der Waals surface area (Å²) in [6.45, 7) is 0.818. The molecule has 1 N–H and O–H groups in total. The maximum absolute atomic E-state index is 4.09. The van der Waals surface area contributed by atoms with E-state index in [1.165, 1.54) is 5.56 Å². The Morgan fingerprint density at radius 3 is 3.33 bits per heavy atom. The van der Waals surface area contributed by atoms with E-state index >= 15 is 0 Å². The van der Waals surface area contributed by atoms with Crippen molar-refractivity contribution in [3.8, 4) is 11.3 Å². The second-order valence-electron chi connectivity index (χ2n) is 2.78. The average Bonchev–Trinajstić information content (AvgIpc) is 2.57. The molecule has 0 unspecified atom stereocenters. The maximum atomic E-state index is 4.09. The third kappa shape index (κ3) is 0.592. The largest absolute Gasteiger partial charge is 0.364 e. The molecule has 3 aliphatic heterocycles. The molecule has 0 amide bonds. The smallest absolute Gasteiger partial charge is 0.158 e. The lowest BCUT2D eigenvalue weighted by atomic mass is 10.1. The molecule has 0 spiro atoms. The third-order valence-corrected chi connectivity index (χ3v) is 2.07. The molecule has 0 bridgehead atoms. The fourth-order valence-corrected chi connectivity index (χ4v) is 1.51. The van der Waals surface area contributed by atoms with Gasteiger partial charge in [0, 0.05) is 24.5 Å². The molecule has 4 nitrogen and oxygen atoms in total. The lowest BCUT2D eigenvalue weighted by Crippen LogP contribution is -1.91. The van der Waals surface area contributed by atoms with Gasteiger partial charge in [-0.3, -0.25) is 4.98 Å². The van der Waals surface area contributed by atoms with Gasteiger partial charge in [0.2, 0.25) is 0 Å². The number of aromatic nitrogens is 3. The highest BCUT2D eigenvalue weighted by Crippen LogP contribution is 2.34. The highest BCUT2D eigenvalue weighted by molar-refractivity contribution is 5.79. The van der Waals surface area contributed by atoms with Crippen molar-refractivity contribution in [2.45, 2.75) is 6.54 Å². The first-order chi connectivity index (χ1) is 5.95. The van der Waals surface area contributed by atoms with Crippen LogP contribution in [-0.4, -0.2) is 15.2 Å². The number of rotatable bonds is 0. The predicted octanol–water partition coefficient (Wildman–Crippen LogP) is 0.902. The van der Waals surface area contributed by atoms with Gasteiger partial charge in [0.1, 0.15) is 0 Å². The van der Waals surface area contributed by atoms with Crippen LogP contribution in [0.1, 0.15) is 5.56 Å². The molecule has 0 saturated carbocycles. The van der Waals surface area contributed by atoms with Crippen molar-refractivity contribution >= 4 is 5.82 Å². The monoisotopic (exact) mass is 158 g/mol. The van der Waals surface area contributed by atoms with Gasteiger partial charge in [-0.15, -0.1) is 10.2 Å². The number of hydrogen-bond acceptors (Lipinski definition) is 4. The molecule has 0 fully saturated rings. The van der Waals surface area contributed by atoms with Crippen LogP contribution in [0.15, 0.2) is 18.5 Å². The summed E-state index contributed by atoms with van der Waals surface area (Å²) in [7, 11) is 0. The van der Waals surface area contributed by atoms with Crippen molar-refractivity contribution in [1.29, 1.82) is 0 Å². The van der Waals surface area contributed by atoms with E-state index in [2.05, 4.69) is 20.5 Å². The molecule has 12 heavy (non-hydrogen) atoms. The van der Waals surface area contributed by atoms with Gasteiger partial charge in [-0.2, -0.15) is 0 Å². The van der Waals surface area contributed by atoms with Crippen molar-refractivity contribution in [2.24, 2.45) is 0 Å². The van der Waals surface area contributed by atoms with E-state index in [1.54, 1.807) is 6.20 Å². The van der Waals surface area contributed by atoms with Crippen LogP contribution in [0.25, 0.3) is 11.3 Å². The predicted molar refractivity (Wildman–Crippen MR) is 43.8 cm³/mol. The number of nitrogens with zero attached hydrogens (tertiary/aromatic N) is 3. The third-order valence-electron chi connectivity index (χ3n) is 2.07. The summed E-state index contributed by atoms with van der Waals surface area (Å²) in [6, 6.07) is 1.88. The second-order valence-corrected chi connectivity index (χ2v) is 2.78. The number of anilines is 1. The minimum atomic E-state index is 0.818. The first-order valence-corrected chi connectivity index (χ1v) is 3.78.